The van der Waals surface area contributed by atoms with Crippen molar-refractivity contribution in [2.75, 3.05) is 26.4 Å². The summed E-state index contributed by atoms with van der Waals surface area (Å²) in [6, 6.07) is 18.9. The SMILES string of the molecule is O=C(/C=C/c1ccccc1)O[C@H]1CCCO[C@@]12OCCO[C@@]21OCCC[C@@H]1OC(=O)/C=C/c1ccccc1. The second-order valence-electron chi connectivity index (χ2n) is 9.35. The molecule has 0 saturated carbocycles. The van der Waals surface area contributed by atoms with Gasteiger partial charge >= 0.3 is 11.9 Å². The van der Waals surface area contributed by atoms with Crippen LogP contribution in [0.15, 0.2) is 72.8 Å². The Morgan fingerprint density at radius 1 is 0.632 bits per heavy atom. The molecular formula is C30H32O8. The molecule has 2 aromatic carbocycles. The molecule has 38 heavy (non-hydrogen) atoms. The molecule has 0 radical (unpaired) electrons. The smallest absolute Gasteiger partial charge is 0.331 e. The van der Waals surface area contributed by atoms with Crippen LogP contribution in [0.25, 0.3) is 12.2 Å². The van der Waals surface area contributed by atoms with Gasteiger partial charge in [-0.15, -0.1) is 0 Å². The summed E-state index contributed by atoms with van der Waals surface area (Å²) in [5, 5.41) is 0. The lowest BCUT2D eigenvalue weighted by molar-refractivity contribution is -0.487. The minimum absolute atomic E-state index is 0.216. The molecular weight excluding hydrogens is 488 g/mol. The van der Waals surface area contributed by atoms with Crippen molar-refractivity contribution in [3.8, 4) is 0 Å². The molecule has 0 bridgehead atoms. The maximum Gasteiger partial charge on any atom is 0.331 e. The third kappa shape index (κ3) is 5.59. The Morgan fingerprint density at radius 2 is 1.03 bits per heavy atom. The Morgan fingerprint density at radius 3 is 1.45 bits per heavy atom. The van der Waals surface area contributed by atoms with E-state index in [1.807, 2.05) is 60.7 Å². The van der Waals surface area contributed by atoms with Crippen LogP contribution in [-0.4, -0.2) is 62.1 Å². The molecule has 8 heteroatoms. The molecule has 3 aliphatic rings. The van der Waals surface area contributed by atoms with E-state index in [0.29, 0.717) is 38.9 Å². The van der Waals surface area contributed by atoms with Crippen LogP contribution in [0.5, 0.6) is 0 Å². The van der Waals surface area contributed by atoms with Gasteiger partial charge in [-0.1, -0.05) is 60.7 Å². The Balaban J connectivity index is 1.37. The van der Waals surface area contributed by atoms with Crippen LogP contribution >= 0.6 is 0 Å². The Hall–Kier alpha value is -3.30. The first kappa shape index (κ1) is 26.3. The molecule has 3 fully saturated rings. The fourth-order valence-corrected chi connectivity index (χ4v) is 5.15. The van der Waals surface area contributed by atoms with E-state index < -0.39 is 35.7 Å². The highest BCUT2D eigenvalue weighted by Gasteiger charge is 2.70. The molecule has 0 N–H and O–H groups in total. The number of carbonyl (C=O) groups is 2. The summed E-state index contributed by atoms with van der Waals surface area (Å²) < 4.78 is 36.7. The molecule has 3 saturated heterocycles. The average Bonchev–Trinajstić information content (AvgIpc) is 2.96. The molecule has 0 amide bonds. The third-order valence-electron chi connectivity index (χ3n) is 6.84. The minimum atomic E-state index is -1.58. The molecule has 3 heterocycles. The predicted molar refractivity (Wildman–Crippen MR) is 138 cm³/mol. The van der Waals surface area contributed by atoms with Gasteiger partial charge in [-0.2, -0.15) is 0 Å². The van der Waals surface area contributed by atoms with Crippen molar-refractivity contribution in [2.24, 2.45) is 0 Å². The summed E-state index contributed by atoms with van der Waals surface area (Å²) in [7, 11) is 0. The molecule has 4 atom stereocenters. The van der Waals surface area contributed by atoms with E-state index >= 15 is 0 Å². The van der Waals surface area contributed by atoms with E-state index in [9.17, 15) is 9.59 Å². The zero-order valence-corrected chi connectivity index (χ0v) is 21.2. The van der Waals surface area contributed by atoms with Crippen LogP contribution < -0.4 is 0 Å². The van der Waals surface area contributed by atoms with Gasteiger partial charge in [0.2, 0.25) is 0 Å². The highest BCUT2D eigenvalue weighted by molar-refractivity contribution is 5.87. The van der Waals surface area contributed by atoms with Gasteiger partial charge in [-0.25, -0.2) is 9.59 Å². The summed E-state index contributed by atoms with van der Waals surface area (Å²) in [5.41, 5.74) is 1.75. The number of esters is 2. The largest absolute Gasteiger partial charge is 0.453 e. The molecule has 200 valence electrons. The number of hydrogen-bond donors (Lipinski definition) is 0. The molecule has 5 rings (SSSR count). The number of fused-ring (bicyclic) bond motifs is 1. The van der Waals surface area contributed by atoms with Gasteiger partial charge in [0.25, 0.3) is 11.6 Å². The van der Waals surface area contributed by atoms with Gasteiger partial charge in [-0.3, -0.25) is 0 Å². The van der Waals surface area contributed by atoms with Gasteiger partial charge in [-0.05, 0) is 49.0 Å². The zero-order chi connectivity index (χ0) is 26.3. The second kappa shape index (κ2) is 12.0. The number of benzene rings is 2. The van der Waals surface area contributed by atoms with Crippen molar-refractivity contribution in [1.29, 1.82) is 0 Å². The first-order valence-corrected chi connectivity index (χ1v) is 13.0. The highest BCUT2D eigenvalue weighted by atomic mass is 16.8. The molecule has 3 aliphatic heterocycles. The van der Waals surface area contributed by atoms with Crippen molar-refractivity contribution >= 4 is 24.1 Å². The first-order valence-electron chi connectivity index (χ1n) is 13.0. The van der Waals surface area contributed by atoms with E-state index in [2.05, 4.69) is 0 Å². The lowest BCUT2D eigenvalue weighted by Gasteiger charge is -2.57. The van der Waals surface area contributed by atoms with E-state index in [1.54, 1.807) is 12.2 Å². The minimum Gasteiger partial charge on any atom is -0.453 e. The summed E-state index contributed by atoms with van der Waals surface area (Å²) >= 11 is 0. The first-order chi connectivity index (χ1) is 18.6. The fraction of sp³-hybridized carbons (Fsp3) is 0.400. The fourth-order valence-electron chi connectivity index (χ4n) is 5.15. The number of hydrogen-bond acceptors (Lipinski definition) is 8. The van der Waals surface area contributed by atoms with Crippen LogP contribution in [0, 0.1) is 0 Å². The summed E-state index contributed by atoms with van der Waals surface area (Å²) in [4.78, 5) is 25.7. The molecule has 0 aliphatic carbocycles. The topological polar surface area (TPSA) is 89.5 Å². The van der Waals surface area contributed by atoms with Crippen molar-refractivity contribution in [1.82, 2.24) is 0 Å². The van der Waals surface area contributed by atoms with Gasteiger partial charge in [0.05, 0.1) is 26.4 Å². The van der Waals surface area contributed by atoms with E-state index in [1.165, 1.54) is 12.2 Å². The Kier molecular flexibility index (Phi) is 8.34. The normalized spacial score (nSPS) is 29.6. The molecule has 8 nitrogen and oxygen atoms in total. The van der Waals surface area contributed by atoms with E-state index in [-0.39, 0.29) is 13.2 Å². The van der Waals surface area contributed by atoms with Crippen molar-refractivity contribution < 1.29 is 38.0 Å². The van der Waals surface area contributed by atoms with E-state index in [4.69, 9.17) is 28.4 Å². The third-order valence-corrected chi connectivity index (χ3v) is 6.84. The number of rotatable bonds is 6. The molecule has 2 spiro atoms. The predicted octanol–water partition coefficient (Wildman–Crippen LogP) is 4.30. The van der Waals surface area contributed by atoms with E-state index in [0.717, 1.165) is 11.1 Å². The van der Waals surface area contributed by atoms with Crippen LogP contribution in [0.4, 0.5) is 0 Å². The molecule has 2 aromatic rings. The van der Waals surface area contributed by atoms with Gasteiger partial charge in [0.1, 0.15) is 0 Å². The Bertz CT molecular complexity index is 1040. The maximum absolute atomic E-state index is 12.9. The van der Waals surface area contributed by atoms with Crippen molar-refractivity contribution in [3.05, 3.63) is 83.9 Å². The summed E-state index contributed by atoms with van der Waals surface area (Å²) in [6.45, 7) is 1.15. The number of carbonyl (C=O) groups excluding carboxylic acids is 2. The van der Waals surface area contributed by atoms with Crippen LogP contribution in [0.2, 0.25) is 0 Å². The van der Waals surface area contributed by atoms with Crippen LogP contribution in [0.1, 0.15) is 36.8 Å². The average molecular weight is 521 g/mol. The lowest BCUT2D eigenvalue weighted by Crippen LogP contribution is -2.76. The van der Waals surface area contributed by atoms with Gasteiger partial charge in [0, 0.05) is 12.2 Å². The van der Waals surface area contributed by atoms with Gasteiger partial charge < -0.3 is 28.4 Å². The van der Waals surface area contributed by atoms with Gasteiger partial charge in [0.15, 0.2) is 12.2 Å². The highest BCUT2D eigenvalue weighted by Crippen LogP contribution is 2.48. The second-order valence-corrected chi connectivity index (χ2v) is 9.35. The van der Waals surface area contributed by atoms with Crippen LogP contribution in [-0.2, 0) is 38.0 Å². The maximum atomic E-state index is 12.9. The van der Waals surface area contributed by atoms with Crippen LogP contribution in [0.3, 0.4) is 0 Å². The summed E-state index contributed by atoms with van der Waals surface area (Å²) in [5.74, 6) is -4.23. The molecule has 0 aromatic heterocycles. The Labute approximate surface area is 222 Å². The summed E-state index contributed by atoms with van der Waals surface area (Å²) in [6.07, 6.45) is 6.75. The monoisotopic (exact) mass is 520 g/mol. The molecule has 0 unspecified atom stereocenters. The quantitative estimate of drug-likeness (QED) is 0.412. The zero-order valence-electron chi connectivity index (χ0n) is 21.2. The lowest BCUT2D eigenvalue weighted by atomic mass is 9.85. The van der Waals surface area contributed by atoms with Crippen molar-refractivity contribution in [2.45, 2.75) is 49.5 Å². The van der Waals surface area contributed by atoms with Crippen molar-refractivity contribution in [3.63, 3.8) is 0 Å². The number of ether oxygens (including phenoxy) is 6. The standard InChI is InChI=1S/C30H32O8/c31-27(17-15-23-9-3-1-4-10-23)37-25-13-7-19-33-29(25)30(36-22-21-35-29)26(14-8-20-34-30)38-28(32)18-16-24-11-5-2-6-12-24/h1-6,9-12,15-18,25-26H,7-8,13-14,19-22H2/b17-15+,18-16+/t25-,26-,29+,30+/m0/s1.